The Bertz CT molecular complexity index is 1310. The highest BCUT2D eigenvalue weighted by Crippen LogP contribution is 2.46. The second kappa shape index (κ2) is 8.47. The van der Waals surface area contributed by atoms with E-state index >= 15 is 0 Å². The maximum atomic E-state index is 13.6. The van der Waals surface area contributed by atoms with Crippen molar-refractivity contribution in [3.05, 3.63) is 77.4 Å². The zero-order chi connectivity index (χ0) is 24.2. The van der Waals surface area contributed by atoms with Crippen LogP contribution in [0, 0.1) is 0 Å². The first kappa shape index (κ1) is 22.3. The Morgan fingerprint density at radius 3 is 2.57 bits per heavy atom. The van der Waals surface area contributed by atoms with Crippen molar-refractivity contribution in [1.29, 1.82) is 0 Å². The molecular weight excluding hydrogens is 440 g/mol. The minimum absolute atomic E-state index is 0.00680. The molecule has 0 spiro atoms. The first-order valence-corrected chi connectivity index (χ1v) is 12.5. The predicted molar refractivity (Wildman–Crippen MR) is 134 cm³/mol. The number of rotatable bonds is 5. The summed E-state index contributed by atoms with van der Waals surface area (Å²) in [4.78, 5) is 29.7. The maximum Gasteiger partial charge on any atom is 0.305 e. The number of para-hydroxylation sites is 1. The summed E-state index contributed by atoms with van der Waals surface area (Å²) in [5.74, 6) is -0.748. The molecule has 0 radical (unpaired) electrons. The number of hydrogen-bond donors (Lipinski definition) is 1. The van der Waals surface area contributed by atoms with Crippen LogP contribution in [0.4, 0.5) is 5.69 Å². The molecule has 1 N–H and O–H groups in total. The van der Waals surface area contributed by atoms with Crippen LogP contribution in [0.1, 0.15) is 48.4 Å². The molecule has 1 amide bonds. The molecule has 0 bridgehead atoms. The summed E-state index contributed by atoms with van der Waals surface area (Å²) in [6.07, 6.45) is 2.73. The highest BCUT2D eigenvalue weighted by Gasteiger charge is 2.51. The Morgan fingerprint density at radius 2 is 1.80 bits per heavy atom. The molecule has 6 rings (SSSR count). The lowest BCUT2D eigenvalue weighted by molar-refractivity contribution is -0.145. The van der Waals surface area contributed by atoms with E-state index in [1.807, 2.05) is 18.2 Å². The van der Waals surface area contributed by atoms with Crippen molar-refractivity contribution in [2.75, 3.05) is 25.1 Å². The standard InChI is InChI=1S/C29H30N2O4/c1-35-26(32)12-15-29(34)23-10-2-3-11-24(23)31(28(29)33)21-13-16-30(17-14-21)25-18-20-8-4-6-19-7-5-9-22(25)27(19)20/h2-11,21,25,34H,12-18H2,1H3. The van der Waals surface area contributed by atoms with Crippen molar-refractivity contribution in [3.63, 3.8) is 0 Å². The topological polar surface area (TPSA) is 70.1 Å². The van der Waals surface area contributed by atoms with Gasteiger partial charge in [-0.2, -0.15) is 0 Å². The van der Waals surface area contributed by atoms with E-state index in [4.69, 9.17) is 4.74 Å². The third kappa shape index (κ3) is 3.46. The van der Waals surface area contributed by atoms with Gasteiger partial charge in [0.15, 0.2) is 5.60 Å². The lowest BCUT2D eigenvalue weighted by atomic mass is 9.90. The monoisotopic (exact) mass is 470 g/mol. The molecule has 0 saturated carbocycles. The van der Waals surface area contributed by atoms with Gasteiger partial charge in [-0.05, 0) is 53.6 Å². The fraction of sp³-hybridized carbons (Fsp3) is 0.379. The minimum Gasteiger partial charge on any atom is -0.469 e. The van der Waals surface area contributed by atoms with E-state index in [2.05, 4.69) is 41.3 Å². The summed E-state index contributed by atoms with van der Waals surface area (Å²) in [5, 5.41) is 14.2. The minimum atomic E-state index is -1.69. The number of methoxy groups -OCH3 is 1. The first-order chi connectivity index (χ1) is 17.0. The Labute approximate surface area is 205 Å². The van der Waals surface area contributed by atoms with Crippen molar-refractivity contribution in [1.82, 2.24) is 4.90 Å². The lowest BCUT2D eigenvalue weighted by Crippen LogP contribution is -2.50. The second-order valence-electron chi connectivity index (χ2n) is 9.98. The summed E-state index contributed by atoms with van der Waals surface area (Å²) >= 11 is 0. The Morgan fingerprint density at radius 1 is 1.06 bits per heavy atom. The van der Waals surface area contributed by atoms with E-state index in [1.165, 1.54) is 29.0 Å². The van der Waals surface area contributed by atoms with Gasteiger partial charge in [-0.15, -0.1) is 0 Å². The van der Waals surface area contributed by atoms with Crippen LogP contribution in [0.15, 0.2) is 60.7 Å². The zero-order valence-electron chi connectivity index (χ0n) is 19.9. The van der Waals surface area contributed by atoms with Crippen molar-refractivity contribution in [2.24, 2.45) is 0 Å². The number of nitrogens with zero attached hydrogens (tertiary/aromatic N) is 2. The average Bonchev–Trinajstić information content (AvgIpc) is 3.38. The molecule has 6 heteroatoms. The van der Waals surface area contributed by atoms with E-state index in [9.17, 15) is 14.7 Å². The molecule has 35 heavy (non-hydrogen) atoms. The highest BCUT2D eigenvalue weighted by molar-refractivity contribution is 6.07. The van der Waals surface area contributed by atoms with Gasteiger partial charge in [-0.3, -0.25) is 14.5 Å². The normalized spacial score (nSPS) is 24.2. The number of aliphatic hydroxyl groups is 1. The third-order valence-electron chi connectivity index (χ3n) is 8.20. The summed E-state index contributed by atoms with van der Waals surface area (Å²) < 4.78 is 4.75. The second-order valence-corrected chi connectivity index (χ2v) is 9.98. The van der Waals surface area contributed by atoms with Gasteiger partial charge in [0.25, 0.3) is 5.91 Å². The summed E-state index contributed by atoms with van der Waals surface area (Å²) in [6, 6.07) is 21.0. The number of hydrogen-bond acceptors (Lipinski definition) is 5. The lowest BCUT2D eigenvalue weighted by Gasteiger charge is -2.40. The van der Waals surface area contributed by atoms with Gasteiger partial charge >= 0.3 is 5.97 Å². The number of ether oxygens (including phenoxy) is 1. The van der Waals surface area contributed by atoms with E-state index in [0.29, 0.717) is 11.6 Å². The Hall–Kier alpha value is -3.22. The van der Waals surface area contributed by atoms with Gasteiger partial charge in [-0.1, -0.05) is 54.6 Å². The molecule has 0 aromatic heterocycles. The zero-order valence-corrected chi connectivity index (χ0v) is 19.9. The average molecular weight is 471 g/mol. The van der Waals surface area contributed by atoms with Crippen LogP contribution in [0.2, 0.25) is 0 Å². The van der Waals surface area contributed by atoms with Crippen LogP contribution in [-0.4, -0.2) is 48.1 Å². The SMILES string of the molecule is COC(=O)CCC1(O)C(=O)N(C2CCN(C3Cc4cccc5cccc3c45)CC2)c2ccccc21. The number of amides is 1. The molecule has 2 atom stereocenters. The molecule has 1 fully saturated rings. The molecule has 3 aromatic carbocycles. The number of benzene rings is 3. The van der Waals surface area contributed by atoms with E-state index in [1.54, 1.807) is 11.0 Å². The van der Waals surface area contributed by atoms with Crippen LogP contribution in [0.25, 0.3) is 10.8 Å². The largest absolute Gasteiger partial charge is 0.469 e. The first-order valence-electron chi connectivity index (χ1n) is 12.5. The van der Waals surface area contributed by atoms with Gasteiger partial charge in [0.05, 0.1) is 12.8 Å². The molecule has 3 aliphatic rings. The van der Waals surface area contributed by atoms with Crippen molar-refractivity contribution in [3.8, 4) is 0 Å². The smallest absolute Gasteiger partial charge is 0.305 e. The number of likely N-dealkylation sites (tertiary alicyclic amines) is 1. The van der Waals surface area contributed by atoms with Gasteiger partial charge in [0.2, 0.25) is 0 Å². The quantitative estimate of drug-likeness (QED) is 0.569. The summed E-state index contributed by atoms with van der Waals surface area (Å²) in [7, 11) is 1.32. The van der Waals surface area contributed by atoms with Gasteiger partial charge in [-0.25, -0.2) is 0 Å². The third-order valence-corrected chi connectivity index (χ3v) is 8.20. The number of piperidine rings is 1. The molecule has 3 aromatic rings. The molecular formula is C29H30N2O4. The van der Waals surface area contributed by atoms with E-state index in [0.717, 1.165) is 38.0 Å². The fourth-order valence-electron chi connectivity index (χ4n) is 6.44. The van der Waals surface area contributed by atoms with Crippen molar-refractivity contribution >= 4 is 28.3 Å². The van der Waals surface area contributed by atoms with Gasteiger partial charge in [0, 0.05) is 37.2 Å². The molecule has 180 valence electrons. The Kier molecular flexibility index (Phi) is 5.38. The van der Waals surface area contributed by atoms with Crippen LogP contribution in [-0.2, 0) is 26.3 Å². The van der Waals surface area contributed by atoms with Crippen LogP contribution in [0.3, 0.4) is 0 Å². The van der Waals surface area contributed by atoms with Crippen LogP contribution >= 0.6 is 0 Å². The number of carbonyl (C=O) groups excluding carboxylic acids is 2. The highest BCUT2D eigenvalue weighted by atomic mass is 16.5. The number of esters is 1. The summed E-state index contributed by atoms with van der Waals surface area (Å²) in [5.41, 5.74) is 2.50. The summed E-state index contributed by atoms with van der Waals surface area (Å²) in [6.45, 7) is 1.79. The van der Waals surface area contributed by atoms with Crippen molar-refractivity contribution < 1.29 is 19.4 Å². The molecule has 1 saturated heterocycles. The molecule has 2 aliphatic heterocycles. The maximum absolute atomic E-state index is 13.6. The Balaban J connectivity index is 1.21. The van der Waals surface area contributed by atoms with Gasteiger partial charge in [0.1, 0.15) is 0 Å². The fourth-order valence-corrected chi connectivity index (χ4v) is 6.44. The van der Waals surface area contributed by atoms with Crippen LogP contribution < -0.4 is 4.90 Å². The number of anilines is 1. The molecule has 2 heterocycles. The number of fused-ring (bicyclic) bond motifs is 1. The van der Waals surface area contributed by atoms with Crippen molar-refractivity contribution in [2.45, 2.75) is 49.8 Å². The van der Waals surface area contributed by atoms with Crippen LogP contribution in [0.5, 0.6) is 0 Å². The van der Waals surface area contributed by atoms with Gasteiger partial charge < -0.3 is 14.7 Å². The number of carbonyl (C=O) groups is 2. The van der Waals surface area contributed by atoms with E-state index < -0.39 is 11.6 Å². The molecule has 6 nitrogen and oxygen atoms in total. The molecule has 1 aliphatic carbocycles. The predicted octanol–water partition coefficient (Wildman–Crippen LogP) is 4.09. The van der Waals surface area contributed by atoms with E-state index in [-0.39, 0.29) is 24.8 Å². The molecule has 2 unspecified atom stereocenters.